The highest BCUT2D eigenvalue weighted by Gasteiger charge is 2.38. The number of aromatic nitrogens is 6. The van der Waals surface area contributed by atoms with E-state index in [1.54, 1.807) is 18.6 Å². The number of aromatic amines is 3. The summed E-state index contributed by atoms with van der Waals surface area (Å²) in [6.07, 6.45) is 9.19. The summed E-state index contributed by atoms with van der Waals surface area (Å²) >= 11 is 0. The number of aliphatic hydroxyl groups is 1. The molecule has 0 fully saturated rings. The molecule has 86 valence electrons. The maximum atomic E-state index is 10.9. The Morgan fingerprint density at radius 3 is 1.35 bits per heavy atom. The van der Waals surface area contributed by atoms with Crippen molar-refractivity contribution in [2.75, 3.05) is 0 Å². The van der Waals surface area contributed by atoms with Crippen molar-refractivity contribution < 1.29 is 5.11 Å². The van der Waals surface area contributed by atoms with E-state index in [4.69, 9.17) is 0 Å². The average molecular weight is 230 g/mol. The Kier molecular flexibility index (Phi) is 2.05. The van der Waals surface area contributed by atoms with Gasteiger partial charge in [-0.1, -0.05) is 0 Å². The average Bonchev–Trinajstić information content (AvgIpc) is 3.10. The van der Waals surface area contributed by atoms with Gasteiger partial charge in [-0.3, -0.25) is 0 Å². The minimum Gasteiger partial charge on any atom is -0.372 e. The van der Waals surface area contributed by atoms with Crippen LogP contribution in [0.3, 0.4) is 0 Å². The molecule has 3 heterocycles. The molecular weight excluding hydrogens is 220 g/mol. The van der Waals surface area contributed by atoms with Gasteiger partial charge < -0.3 is 20.1 Å². The van der Waals surface area contributed by atoms with Crippen molar-refractivity contribution in [3.63, 3.8) is 0 Å². The molecule has 0 spiro atoms. The summed E-state index contributed by atoms with van der Waals surface area (Å²) in [6.45, 7) is 0. The Labute approximate surface area is 96.0 Å². The second-order valence-corrected chi connectivity index (χ2v) is 3.61. The fraction of sp³-hybridized carbons (Fsp3) is 0.100. The van der Waals surface area contributed by atoms with Crippen molar-refractivity contribution in [1.29, 1.82) is 0 Å². The van der Waals surface area contributed by atoms with Crippen molar-refractivity contribution in [2.45, 2.75) is 5.60 Å². The third kappa shape index (κ3) is 1.36. The lowest BCUT2D eigenvalue weighted by atomic mass is 9.93. The highest BCUT2D eigenvalue weighted by molar-refractivity contribution is 5.35. The van der Waals surface area contributed by atoms with E-state index in [1.165, 1.54) is 19.0 Å². The molecule has 3 rings (SSSR count). The van der Waals surface area contributed by atoms with E-state index >= 15 is 0 Å². The van der Waals surface area contributed by atoms with Crippen LogP contribution in [-0.4, -0.2) is 35.0 Å². The van der Waals surface area contributed by atoms with Crippen molar-refractivity contribution in [3.8, 4) is 0 Å². The molecule has 0 saturated heterocycles. The third-order valence-corrected chi connectivity index (χ3v) is 2.66. The fourth-order valence-electron chi connectivity index (χ4n) is 1.80. The molecule has 0 radical (unpaired) electrons. The Balaban J connectivity index is 2.21. The molecular formula is C10H10N6O. The Hall–Kier alpha value is -2.41. The summed E-state index contributed by atoms with van der Waals surface area (Å²) in [5.74, 6) is 0. The lowest BCUT2D eigenvalue weighted by molar-refractivity contribution is 0.112. The number of imidazole rings is 3. The molecule has 17 heavy (non-hydrogen) atoms. The number of nitrogens with zero attached hydrogens (tertiary/aromatic N) is 3. The summed E-state index contributed by atoms with van der Waals surface area (Å²) in [4.78, 5) is 20.5. The summed E-state index contributed by atoms with van der Waals surface area (Å²) in [6, 6.07) is 0. The van der Waals surface area contributed by atoms with Crippen LogP contribution < -0.4 is 0 Å². The fourth-order valence-corrected chi connectivity index (χ4v) is 1.80. The number of nitrogens with one attached hydrogen (secondary N) is 3. The van der Waals surface area contributed by atoms with Crippen molar-refractivity contribution in [3.05, 3.63) is 54.7 Å². The Morgan fingerprint density at radius 2 is 1.12 bits per heavy atom. The predicted octanol–water partition coefficient (Wildman–Crippen LogP) is 0.140. The number of hydrogen-bond acceptors (Lipinski definition) is 4. The second kappa shape index (κ2) is 3.56. The van der Waals surface area contributed by atoms with Gasteiger partial charge in [0.15, 0.2) is 5.60 Å². The Bertz CT molecular complexity index is 484. The SMILES string of the molecule is OC(c1cnc[nH]1)(c1cnc[nH]1)c1cnc[nH]1. The van der Waals surface area contributed by atoms with Crippen LogP contribution in [0.25, 0.3) is 0 Å². The van der Waals surface area contributed by atoms with E-state index in [1.807, 2.05) is 0 Å². The smallest absolute Gasteiger partial charge is 0.189 e. The van der Waals surface area contributed by atoms with Gasteiger partial charge in [0.1, 0.15) is 0 Å². The standard InChI is InChI=1S/C10H10N6O/c17-10(7-1-11-4-14-7,8-2-12-5-15-8)9-3-13-6-16-9/h1-6,17H,(H,11,14)(H,12,15)(H,13,16). The number of hydrogen-bond donors (Lipinski definition) is 4. The van der Waals surface area contributed by atoms with Crippen LogP contribution in [0.15, 0.2) is 37.6 Å². The molecule has 0 saturated carbocycles. The maximum Gasteiger partial charge on any atom is 0.189 e. The molecule has 7 nitrogen and oxygen atoms in total. The first-order valence-corrected chi connectivity index (χ1v) is 5.00. The van der Waals surface area contributed by atoms with E-state index < -0.39 is 5.60 Å². The third-order valence-electron chi connectivity index (χ3n) is 2.66. The number of rotatable bonds is 3. The van der Waals surface area contributed by atoms with Gasteiger partial charge in [-0.2, -0.15) is 0 Å². The normalized spacial score (nSPS) is 11.8. The van der Waals surface area contributed by atoms with Gasteiger partial charge in [0.05, 0.1) is 54.7 Å². The van der Waals surface area contributed by atoms with Crippen molar-refractivity contribution >= 4 is 0 Å². The molecule has 0 atom stereocenters. The highest BCUT2D eigenvalue weighted by atomic mass is 16.3. The van der Waals surface area contributed by atoms with Gasteiger partial charge in [0, 0.05) is 0 Å². The van der Waals surface area contributed by atoms with Gasteiger partial charge in [-0.15, -0.1) is 0 Å². The molecule has 0 aliphatic heterocycles. The monoisotopic (exact) mass is 230 g/mol. The van der Waals surface area contributed by atoms with E-state index in [2.05, 4.69) is 29.9 Å². The van der Waals surface area contributed by atoms with Gasteiger partial charge in [-0.25, -0.2) is 15.0 Å². The van der Waals surface area contributed by atoms with Crippen LogP contribution in [0, 0.1) is 0 Å². The molecule has 4 N–H and O–H groups in total. The van der Waals surface area contributed by atoms with E-state index in [-0.39, 0.29) is 0 Å². The summed E-state index contributed by atoms with van der Waals surface area (Å²) in [7, 11) is 0. The summed E-state index contributed by atoms with van der Waals surface area (Å²) < 4.78 is 0. The lowest BCUT2D eigenvalue weighted by Crippen LogP contribution is -2.30. The molecule has 3 aromatic rings. The number of H-pyrrole nitrogens is 3. The zero-order valence-electron chi connectivity index (χ0n) is 8.75. The maximum absolute atomic E-state index is 10.9. The molecule has 0 aromatic carbocycles. The topological polar surface area (TPSA) is 106 Å². The molecule has 3 aromatic heterocycles. The first-order chi connectivity index (χ1) is 8.32. The van der Waals surface area contributed by atoms with Gasteiger partial charge in [-0.05, 0) is 0 Å². The molecule has 0 aliphatic carbocycles. The summed E-state index contributed by atoms with van der Waals surface area (Å²) in [5, 5.41) is 10.9. The first-order valence-electron chi connectivity index (χ1n) is 5.00. The molecule has 0 bridgehead atoms. The van der Waals surface area contributed by atoms with E-state index in [0.717, 1.165) is 0 Å². The van der Waals surface area contributed by atoms with Crippen molar-refractivity contribution in [2.24, 2.45) is 0 Å². The van der Waals surface area contributed by atoms with Gasteiger partial charge in [0.25, 0.3) is 0 Å². The largest absolute Gasteiger partial charge is 0.372 e. The lowest BCUT2D eigenvalue weighted by Gasteiger charge is -2.23. The zero-order chi connectivity index (χ0) is 11.7. The van der Waals surface area contributed by atoms with Crippen LogP contribution >= 0.6 is 0 Å². The molecule has 0 unspecified atom stereocenters. The van der Waals surface area contributed by atoms with Gasteiger partial charge >= 0.3 is 0 Å². The summed E-state index contributed by atoms with van der Waals surface area (Å²) in [5.41, 5.74) is 0.215. The van der Waals surface area contributed by atoms with Gasteiger partial charge in [0.2, 0.25) is 0 Å². The van der Waals surface area contributed by atoms with Crippen LogP contribution in [0.2, 0.25) is 0 Å². The van der Waals surface area contributed by atoms with Crippen LogP contribution in [0.1, 0.15) is 17.1 Å². The Morgan fingerprint density at radius 1 is 0.765 bits per heavy atom. The molecule has 7 heteroatoms. The predicted molar refractivity (Wildman–Crippen MR) is 57.9 cm³/mol. The zero-order valence-corrected chi connectivity index (χ0v) is 8.75. The van der Waals surface area contributed by atoms with Crippen molar-refractivity contribution in [1.82, 2.24) is 29.9 Å². The highest BCUT2D eigenvalue weighted by Crippen LogP contribution is 2.32. The molecule has 0 amide bonds. The quantitative estimate of drug-likeness (QED) is 0.513. The molecule has 0 aliphatic rings. The van der Waals surface area contributed by atoms with E-state index in [9.17, 15) is 5.11 Å². The second-order valence-electron chi connectivity index (χ2n) is 3.61. The van der Waals surface area contributed by atoms with E-state index in [0.29, 0.717) is 17.1 Å². The van der Waals surface area contributed by atoms with Crippen LogP contribution in [0.4, 0.5) is 0 Å². The first kappa shape index (κ1) is 9.79. The van der Waals surface area contributed by atoms with Crippen LogP contribution in [0.5, 0.6) is 0 Å². The van der Waals surface area contributed by atoms with Crippen LogP contribution in [-0.2, 0) is 5.60 Å². The minimum absolute atomic E-state index is 0.533. The minimum atomic E-state index is -1.39.